The first kappa shape index (κ1) is 11.4. The van der Waals surface area contributed by atoms with Crippen LogP contribution in [0.5, 0.6) is 0 Å². The molecule has 1 heterocycles. The van der Waals surface area contributed by atoms with Gasteiger partial charge in [-0.15, -0.1) is 0 Å². The molecule has 4 heteroatoms. The van der Waals surface area contributed by atoms with Crippen LogP contribution < -0.4 is 5.63 Å². The highest BCUT2D eigenvalue weighted by Gasteiger charge is 2.15. The molecule has 0 N–H and O–H groups in total. The average molecular weight is 307 g/mol. The Morgan fingerprint density at radius 2 is 1.89 bits per heavy atom. The van der Waals surface area contributed by atoms with Gasteiger partial charge in [-0.05, 0) is 24.6 Å². The normalized spacial score (nSPS) is 11.3. The van der Waals surface area contributed by atoms with E-state index in [-0.39, 0.29) is 5.58 Å². The summed E-state index contributed by atoms with van der Waals surface area (Å²) in [6, 6.07) is 8.71. The largest absolute Gasteiger partial charge is 0.419 e. The Labute approximate surface area is 110 Å². The fourth-order valence-electron chi connectivity index (χ4n) is 2.10. The number of benzene rings is 2. The lowest BCUT2D eigenvalue weighted by Gasteiger charge is -2.07. The highest BCUT2D eigenvalue weighted by Crippen LogP contribution is 2.32. The zero-order valence-electron chi connectivity index (χ0n) is 9.46. The second-order valence-corrected chi connectivity index (χ2v) is 4.98. The Hall–Kier alpha value is -1.68. The molecule has 0 atom stereocenters. The van der Waals surface area contributed by atoms with Gasteiger partial charge < -0.3 is 4.42 Å². The zero-order valence-corrected chi connectivity index (χ0v) is 11.0. The van der Waals surface area contributed by atoms with Crippen LogP contribution in [0.15, 0.2) is 44.0 Å². The number of halogens is 2. The highest BCUT2D eigenvalue weighted by molar-refractivity contribution is 9.10. The molecule has 0 aliphatic rings. The van der Waals surface area contributed by atoms with Gasteiger partial charge in [0.25, 0.3) is 0 Å². The monoisotopic (exact) mass is 306 g/mol. The van der Waals surface area contributed by atoms with Gasteiger partial charge in [-0.3, -0.25) is 0 Å². The maximum atomic E-state index is 14.0. The molecule has 0 spiro atoms. The molecule has 3 rings (SSSR count). The Bertz CT molecular complexity index is 836. The minimum Gasteiger partial charge on any atom is -0.419 e. The number of aryl methyl sites for hydroxylation is 1. The summed E-state index contributed by atoms with van der Waals surface area (Å²) in [6.45, 7) is 1.63. The fourth-order valence-corrected chi connectivity index (χ4v) is 2.83. The van der Waals surface area contributed by atoms with Gasteiger partial charge in [-0.2, -0.15) is 0 Å². The van der Waals surface area contributed by atoms with Gasteiger partial charge in [0.1, 0.15) is 0 Å². The molecule has 3 aromatic rings. The predicted molar refractivity (Wildman–Crippen MR) is 72.4 cm³/mol. The van der Waals surface area contributed by atoms with E-state index in [2.05, 4.69) is 15.9 Å². The third-order valence-corrected chi connectivity index (χ3v) is 3.59. The van der Waals surface area contributed by atoms with E-state index < -0.39 is 11.4 Å². The molecule has 0 aliphatic heterocycles. The molecule has 0 saturated carbocycles. The first-order chi connectivity index (χ1) is 8.59. The van der Waals surface area contributed by atoms with E-state index in [0.29, 0.717) is 21.7 Å². The van der Waals surface area contributed by atoms with Crippen LogP contribution in [0.4, 0.5) is 4.39 Å². The van der Waals surface area contributed by atoms with E-state index in [1.807, 2.05) is 6.07 Å². The average Bonchev–Trinajstić information content (AvgIpc) is 2.36. The minimum absolute atomic E-state index is 0.00516. The fraction of sp³-hybridized carbons (Fsp3) is 0.0714. The number of fused-ring (bicyclic) bond motifs is 3. The van der Waals surface area contributed by atoms with Crippen LogP contribution in [-0.4, -0.2) is 0 Å². The molecule has 0 saturated heterocycles. The summed E-state index contributed by atoms with van der Waals surface area (Å²) in [5.74, 6) is -0.490. The number of hydrogen-bond donors (Lipinski definition) is 0. The molecule has 1 aromatic heterocycles. The van der Waals surface area contributed by atoms with Crippen LogP contribution in [0.25, 0.3) is 21.7 Å². The molecule has 0 aliphatic carbocycles. The van der Waals surface area contributed by atoms with E-state index >= 15 is 0 Å². The van der Waals surface area contributed by atoms with E-state index in [1.165, 1.54) is 0 Å². The molecule has 0 bridgehead atoms. The Kier molecular flexibility index (Phi) is 2.48. The predicted octanol–water partition coefficient (Wildman–Crippen LogP) is 4.16. The van der Waals surface area contributed by atoms with Crippen molar-refractivity contribution in [1.29, 1.82) is 0 Å². The molecular formula is C14H8BrFO2. The third-order valence-electron chi connectivity index (χ3n) is 2.97. The van der Waals surface area contributed by atoms with E-state index in [1.54, 1.807) is 31.2 Å². The molecule has 2 nitrogen and oxygen atoms in total. The van der Waals surface area contributed by atoms with E-state index in [9.17, 15) is 9.18 Å². The lowest BCUT2D eigenvalue weighted by Crippen LogP contribution is -2.01. The SMILES string of the molecule is Cc1cc(Br)c2c(oc(=O)c3ccccc32)c1F. The first-order valence-electron chi connectivity index (χ1n) is 5.40. The van der Waals surface area contributed by atoms with Crippen molar-refractivity contribution in [3.63, 3.8) is 0 Å². The van der Waals surface area contributed by atoms with Crippen LogP contribution in [0.2, 0.25) is 0 Å². The first-order valence-corrected chi connectivity index (χ1v) is 6.19. The van der Waals surface area contributed by atoms with E-state index in [0.717, 1.165) is 4.47 Å². The van der Waals surface area contributed by atoms with Crippen molar-refractivity contribution in [3.05, 3.63) is 56.6 Å². The third kappa shape index (κ3) is 1.49. The summed E-state index contributed by atoms with van der Waals surface area (Å²) in [4.78, 5) is 11.8. The number of hydrogen-bond acceptors (Lipinski definition) is 2. The molecule has 0 amide bonds. The summed E-state index contributed by atoms with van der Waals surface area (Å²) in [5, 5.41) is 1.73. The van der Waals surface area contributed by atoms with Crippen LogP contribution in [0, 0.1) is 12.7 Å². The highest BCUT2D eigenvalue weighted by atomic mass is 79.9. The van der Waals surface area contributed by atoms with Gasteiger partial charge in [0.05, 0.1) is 5.39 Å². The van der Waals surface area contributed by atoms with E-state index in [4.69, 9.17) is 4.42 Å². The maximum absolute atomic E-state index is 14.0. The summed E-state index contributed by atoms with van der Waals surface area (Å²) < 4.78 is 19.9. The molecule has 2 aromatic carbocycles. The molecule has 18 heavy (non-hydrogen) atoms. The second kappa shape index (κ2) is 3.92. The molecule has 90 valence electrons. The second-order valence-electron chi connectivity index (χ2n) is 4.13. The summed E-state index contributed by atoms with van der Waals surface area (Å²) in [6.07, 6.45) is 0. The molecule has 0 radical (unpaired) electrons. The van der Waals surface area contributed by atoms with Crippen LogP contribution in [0.3, 0.4) is 0 Å². The molecule has 0 unspecified atom stereocenters. The smallest absolute Gasteiger partial charge is 0.344 e. The van der Waals surface area contributed by atoms with Crippen molar-refractivity contribution in [2.45, 2.75) is 6.92 Å². The van der Waals surface area contributed by atoms with Crippen molar-refractivity contribution in [1.82, 2.24) is 0 Å². The standard InChI is InChI=1S/C14H8BrFO2/c1-7-6-10(15)11-8-4-2-3-5-9(8)14(17)18-13(11)12(7)16/h2-6H,1H3. The van der Waals surface area contributed by atoms with Gasteiger partial charge in [-0.1, -0.05) is 34.1 Å². The number of rotatable bonds is 0. The van der Waals surface area contributed by atoms with Gasteiger partial charge in [-0.25, -0.2) is 9.18 Å². The lowest BCUT2D eigenvalue weighted by molar-refractivity contribution is 0.527. The topological polar surface area (TPSA) is 30.2 Å². The molecular weight excluding hydrogens is 299 g/mol. The van der Waals surface area contributed by atoms with Crippen molar-refractivity contribution >= 4 is 37.7 Å². The quantitative estimate of drug-likeness (QED) is 0.461. The van der Waals surface area contributed by atoms with Crippen LogP contribution >= 0.6 is 15.9 Å². The van der Waals surface area contributed by atoms with Crippen molar-refractivity contribution in [2.75, 3.05) is 0 Å². The minimum atomic E-state index is -0.519. The van der Waals surface area contributed by atoms with Gasteiger partial charge in [0.2, 0.25) is 0 Å². The van der Waals surface area contributed by atoms with Gasteiger partial charge in [0, 0.05) is 15.2 Å². The van der Waals surface area contributed by atoms with Crippen molar-refractivity contribution < 1.29 is 8.81 Å². The Morgan fingerprint density at radius 3 is 2.61 bits per heavy atom. The molecule has 0 fully saturated rings. The summed E-state index contributed by atoms with van der Waals surface area (Å²) >= 11 is 3.40. The maximum Gasteiger partial charge on any atom is 0.344 e. The van der Waals surface area contributed by atoms with Crippen molar-refractivity contribution in [3.8, 4) is 0 Å². The summed E-state index contributed by atoms with van der Waals surface area (Å²) in [5.41, 5.74) is -0.0760. The zero-order chi connectivity index (χ0) is 12.9. The lowest BCUT2D eigenvalue weighted by atomic mass is 10.1. The Balaban J connectivity index is 2.72. The summed E-state index contributed by atoms with van der Waals surface area (Å²) in [7, 11) is 0. The van der Waals surface area contributed by atoms with Crippen LogP contribution in [-0.2, 0) is 0 Å². The van der Waals surface area contributed by atoms with Gasteiger partial charge in [0.15, 0.2) is 11.4 Å². The van der Waals surface area contributed by atoms with Gasteiger partial charge >= 0.3 is 5.63 Å². The van der Waals surface area contributed by atoms with Crippen molar-refractivity contribution in [2.24, 2.45) is 0 Å². The Morgan fingerprint density at radius 1 is 1.22 bits per heavy atom. The van der Waals surface area contributed by atoms with Crippen LogP contribution in [0.1, 0.15) is 5.56 Å².